The van der Waals surface area contributed by atoms with Crippen LogP contribution in [0.5, 0.6) is 0 Å². The Morgan fingerprint density at radius 2 is 2.05 bits per heavy atom. The smallest absolute Gasteiger partial charge is 0.0612 e. The van der Waals surface area contributed by atoms with Crippen LogP contribution in [0.1, 0.15) is 58.8 Å². The molecule has 1 unspecified atom stereocenters. The van der Waals surface area contributed by atoms with E-state index >= 15 is 0 Å². The van der Waals surface area contributed by atoms with Crippen LogP contribution in [0.2, 0.25) is 0 Å². The maximum Gasteiger partial charge on any atom is 0.0612 e. The summed E-state index contributed by atoms with van der Waals surface area (Å²) in [7, 11) is 2.00. The van der Waals surface area contributed by atoms with Gasteiger partial charge < -0.3 is 10.4 Å². The first-order chi connectivity index (χ1) is 9.42. The molecule has 1 fully saturated rings. The minimum atomic E-state index is -0.648. The van der Waals surface area contributed by atoms with Crippen LogP contribution >= 0.6 is 11.8 Å². The molecule has 20 heavy (non-hydrogen) atoms. The Hall–Kier alpha value is -0.250. The number of likely N-dealkylation sites (N-methyl/N-ethyl adjacent to an activating group) is 1. The number of allylic oxidation sites excluding steroid dienone is 2. The monoisotopic (exact) mass is 295 g/mol. The van der Waals surface area contributed by atoms with Gasteiger partial charge in [-0.15, -0.1) is 11.8 Å². The fourth-order valence-corrected chi connectivity index (χ4v) is 4.90. The minimum absolute atomic E-state index is 0.0933. The number of hydrogen-bond donors (Lipinski definition) is 2. The highest BCUT2D eigenvalue weighted by molar-refractivity contribution is 8.03. The van der Waals surface area contributed by atoms with Gasteiger partial charge in [-0.05, 0) is 45.1 Å². The van der Waals surface area contributed by atoms with Gasteiger partial charge in [0.15, 0.2) is 0 Å². The van der Waals surface area contributed by atoms with E-state index in [1.165, 1.54) is 37.0 Å². The van der Waals surface area contributed by atoms with Crippen molar-refractivity contribution in [2.24, 2.45) is 0 Å². The topological polar surface area (TPSA) is 32.3 Å². The molecule has 0 aromatic rings. The van der Waals surface area contributed by atoms with Crippen molar-refractivity contribution in [3.05, 3.63) is 23.1 Å². The molecule has 2 aliphatic carbocycles. The van der Waals surface area contributed by atoms with Crippen LogP contribution in [-0.2, 0) is 0 Å². The molecule has 2 rings (SSSR count). The van der Waals surface area contributed by atoms with Crippen molar-refractivity contribution in [2.45, 2.75) is 75.2 Å². The Balaban J connectivity index is 1.99. The lowest BCUT2D eigenvalue weighted by molar-refractivity contribution is 0.0479. The highest BCUT2D eigenvalue weighted by Gasteiger charge is 2.34. The minimum Gasteiger partial charge on any atom is -0.390 e. The average molecular weight is 295 g/mol. The van der Waals surface area contributed by atoms with E-state index in [0.717, 1.165) is 18.1 Å². The van der Waals surface area contributed by atoms with Gasteiger partial charge in [0.1, 0.15) is 0 Å². The summed E-state index contributed by atoms with van der Waals surface area (Å²) in [5.41, 5.74) is -0.741. The third-order valence-electron chi connectivity index (χ3n) is 4.30. The van der Waals surface area contributed by atoms with Gasteiger partial charge in [0.05, 0.1) is 5.60 Å². The summed E-state index contributed by atoms with van der Waals surface area (Å²) in [5, 5.41) is 14.4. The maximum atomic E-state index is 10.2. The molecule has 1 atom stereocenters. The van der Waals surface area contributed by atoms with E-state index in [1.807, 2.05) is 20.9 Å². The van der Waals surface area contributed by atoms with Crippen LogP contribution in [-0.4, -0.2) is 28.5 Å². The Morgan fingerprint density at radius 1 is 1.35 bits per heavy atom. The van der Waals surface area contributed by atoms with Gasteiger partial charge in [0.25, 0.3) is 0 Å². The molecule has 0 amide bonds. The van der Waals surface area contributed by atoms with Crippen LogP contribution in [0.15, 0.2) is 23.1 Å². The molecular weight excluding hydrogens is 266 g/mol. The Morgan fingerprint density at radius 3 is 2.65 bits per heavy atom. The van der Waals surface area contributed by atoms with Crippen LogP contribution in [0.4, 0.5) is 0 Å². The van der Waals surface area contributed by atoms with Crippen molar-refractivity contribution in [1.29, 1.82) is 0 Å². The van der Waals surface area contributed by atoms with E-state index in [2.05, 4.69) is 35.3 Å². The molecule has 114 valence electrons. The normalized spacial score (nSPS) is 28.5. The largest absolute Gasteiger partial charge is 0.390 e. The first-order valence-electron chi connectivity index (χ1n) is 7.89. The van der Waals surface area contributed by atoms with Crippen LogP contribution in [0, 0.1) is 0 Å². The number of nitrogens with one attached hydrogen (secondary N) is 1. The molecule has 0 saturated heterocycles. The average Bonchev–Trinajstić information content (AvgIpc) is 2.38. The molecular formula is C17H29NOS. The van der Waals surface area contributed by atoms with E-state index in [0.29, 0.717) is 0 Å². The SMILES string of the molecule is CNC1(CC(C)(C)O)C=CC=C(SC2CCCCC2)C1. The fraction of sp³-hybridized carbons (Fsp3) is 0.765. The predicted molar refractivity (Wildman–Crippen MR) is 89.0 cm³/mol. The molecule has 3 heteroatoms. The molecule has 0 radical (unpaired) electrons. The van der Waals surface area contributed by atoms with E-state index in [4.69, 9.17) is 0 Å². The molecule has 0 aliphatic heterocycles. The lowest BCUT2D eigenvalue weighted by Crippen LogP contribution is -2.47. The second-order valence-corrected chi connectivity index (χ2v) is 8.37. The number of thioether (sulfide) groups is 1. The quantitative estimate of drug-likeness (QED) is 0.803. The second kappa shape index (κ2) is 6.67. The summed E-state index contributed by atoms with van der Waals surface area (Å²) in [6.45, 7) is 3.79. The van der Waals surface area contributed by atoms with Gasteiger partial charge in [-0.2, -0.15) is 0 Å². The maximum absolute atomic E-state index is 10.2. The predicted octanol–water partition coefficient (Wildman–Crippen LogP) is 4.02. The number of hydrogen-bond acceptors (Lipinski definition) is 3. The van der Waals surface area contributed by atoms with Gasteiger partial charge in [-0.25, -0.2) is 0 Å². The van der Waals surface area contributed by atoms with Crippen molar-refractivity contribution in [3.8, 4) is 0 Å². The highest BCUT2D eigenvalue weighted by atomic mass is 32.2. The van der Waals surface area contributed by atoms with E-state index in [9.17, 15) is 5.11 Å². The summed E-state index contributed by atoms with van der Waals surface area (Å²) in [6, 6.07) is 0. The number of aliphatic hydroxyl groups is 1. The van der Waals surface area contributed by atoms with Crippen molar-refractivity contribution < 1.29 is 5.11 Å². The molecule has 2 N–H and O–H groups in total. The lowest BCUT2D eigenvalue weighted by Gasteiger charge is -2.38. The van der Waals surface area contributed by atoms with Crippen LogP contribution in [0.3, 0.4) is 0 Å². The lowest BCUT2D eigenvalue weighted by atomic mass is 9.81. The third-order valence-corrected chi connectivity index (χ3v) is 5.69. The summed E-state index contributed by atoms with van der Waals surface area (Å²) in [6.07, 6.45) is 15.3. The van der Waals surface area contributed by atoms with Crippen molar-refractivity contribution in [3.63, 3.8) is 0 Å². The first kappa shape index (κ1) is 16.1. The summed E-state index contributed by atoms with van der Waals surface area (Å²) in [4.78, 5) is 1.47. The van der Waals surface area contributed by atoms with Gasteiger partial charge in [-0.3, -0.25) is 0 Å². The Kier molecular flexibility index (Phi) is 5.38. The fourth-order valence-electron chi connectivity index (χ4n) is 3.40. The summed E-state index contributed by atoms with van der Waals surface area (Å²) in [5.74, 6) is 0. The molecule has 2 nitrogen and oxygen atoms in total. The molecule has 0 aromatic carbocycles. The first-order valence-corrected chi connectivity index (χ1v) is 8.77. The number of rotatable bonds is 5. The third kappa shape index (κ3) is 4.64. The second-order valence-electron chi connectivity index (χ2n) is 6.94. The van der Waals surface area contributed by atoms with Crippen LogP contribution in [0.25, 0.3) is 0 Å². The van der Waals surface area contributed by atoms with Crippen molar-refractivity contribution in [1.82, 2.24) is 5.32 Å². The van der Waals surface area contributed by atoms with Gasteiger partial charge in [-0.1, -0.05) is 37.5 Å². The Bertz CT molecular complexity index is 377. The van der Waals surface area contributed by atoms with E-state index < -0.39 is 5.60 Å². The standard InChI is InChI=1S/C17H29NOS/c1-16(2,19)13-17(18-3)11-7-10-15(12-17)20-14-8-5-4-6-9-14/h7,10-11,14,18-19H,4-6,8-9,12-13H2,1-3H3. The molecule has 0 bridgehead atoms. The van der Waals surface area contributed by atoms with Gasteiger partial charge >= 0.3 is 0 Å². The molecule has 2 aliphatic rings. The summed E-state index contributed by atoms with van der Waals surface area (Å²) >= 11 is 2.07. The zero-order chi connectivity index (χ0) is 14.6. The Labute approximate surface area is 128 Å². The van der Waals surface area contributed by atoms with Gasteiger partial charge in [0.2, 0.25) is 0 Å². The van der Waals surface area contributed by atoms with E-state index in [-0.39, 0.29) is 5.54 Å². The van der Waals surface area contributed by atoms with E-state index in [1.54, 1.807) is 0 Å². The molecule has 1 saturated carbocycles. The van der Waals surface area contributed by atoms with Crippen molar-refractivity contribution in [2.75, 3.05) is 7.05 Å². The van der Waals surface area contributed by atoms with Gasteiger partial charge in [0, 0.05) is 17.2 Å². The molecule has 0 heterocycles. The zero-order valence-corrected chi connectivity index (χ0v) is 13.9. The molecule has 0 spiro atoms. The van der Waals surface area contributed by atoms with Crippen molar-refractivity contribution >= 4 is 11.8 Å². The summed E-state index contributed by atoms with van der Waals surface area (Å²) < 4.78 is 0. The highest BCUT2D eigenvalue weighted by Crippen LogP contribution is 2.40. The zero-order valence-electron chi connectivity index (χ0n) is 13.1. The molecule has 0 aromatic heterocycles. The van der Waals surface area contributed by atoms with Crippen LogP contribution < -0.4 is 5.32 Å².